The van der Waals surface area contributed by atoms with Gasteiger partial charge in [0.1, 0.15) is 0 Å². The molecule has 0 N–H and O–H groups in total. The van der Waals surface area contributed by atoms with Gasteiger partial charge in [0, 0.05) is 10.8 Å². The van der Waals surface area contributed by atoms with Crippen LogP contribution in [0.5, 0.6) is 0 Å². The highest BCUT2D eigenvalue weighted by atomic mass is 14.5. The minimum absolute atomic E-state index is 0.160. The Morgan fingerprint density at radius 3 is 0.634 bits per heavy atom. The van der Waals surface area contributed by atoms with Crippen LogP contribution in [-0.2, 0) is 21.7 Å². The van der Waals surface area contributed by atoms with Crippen LogP contribution in [0.1, 0.15) is 106 Å². The van der Waals surface area contributed by atoms with Crippen molar-refractivity contribution in [1.29, 1.82) is 0 Å². The third-order valence-electron chi connectivity index (χ3n) is 18.9. The molecule has 0 aliphatic heterocycles. The molecule has 0 bridgehead atoms. The molecule has 17 rings (SSSR count). The second kappa shape index (κ2) is 20.9. The van der Waals surface area contributed by atoms with Gasteiger partial charge in [-0.3, -0.25) is 0 Å². The van der Waals surface area contributed by atoms with Gasteiger partial charge >= 0.3 is 0 Å². The van der Waals surface area contributed by atoms with E-state index in [4.69, 9.17) is 0 Å². The van der Waals surface area contributed by atoms with Crippen molar-refractivity contribution in [1.82, 2.24) is 0 Å². The quantitative estimate of drug-likeness (QED) is 0.165. The molecule has 0 heterocycles. The van der Waals surface area contributed by atoms with E-state index in [1.807, 2.05) is 0 Å². The fourth-order valence-electron chi connectivity index (χ4n) is 15.4. The van der Waals surface area contributed by atoms with E-state index in [1.54, 1.807) is 11.1 Å². The average molecular weight is 1050 g/mol. The fraction of sp³-hybridized carbons (Fsp3) is 0.122. The van der Waals surface area contributed by atoms with Crippen LogP contribution in [0.15, 0.2) is 315 Å². The number of hydrogen-bond donors (Lipinski definition) is 0. The molecule has 5 aliphatic carbocycles. The standard InChI is InChI=1S/2C25H18.C17H16.C15H14/c2*1-3-11-19(12-4-1)25(20-13-5-2-6-14-20)23-17-9-7-15-21(23)22-16-8-10-18-24(22)25;1-3-9-15-13(7-1)14-8-2-4-10-16(14)17(15)11-5-6-12-17;1-15(2)13-9-5-3-7-11(13)12-8-4-6-10-14(12)15/h2*1-18H;1-4,7-10H,5-6,11-12H2;3-10H,1-2H3. The lowest BCUT2D eigenvalue weighted by Gasteiger charge is -2.33. The second-order valence-corrected chi connectivity index (χ2v) is 23.2. The van der Waals surface area contributed by atoms with E-state index in [0.29, 0.717) is 5.41 Å². The van der Waals surface area contributed by atoms with Crippen LogP contribution in [-0.4, -0.2) is 0 Å². The summed E-state index contributed by atoms with van der Waals surface area (Å²) in [6.45, 7) is 4.61. The number of hydrogen-bond acceptors (Lipinski definition) is 0. The normalized spacial score (nSPS) is 15.4. The van der Waals surface area contributed by atoms with Crippen molar-refractivity contribution in [3.05, 3.63) is 382 Å². The van der Waals surface area contributed by atoms with Crippen molar-refractivity contribution in [3.8, 4) is 44.5 Å². The summed E-state index contributed by atoms with van der Waals surface area (Å²) in [6.07, 6.45) is 5.42. The molecule has 0 heteroatoms. The maximum Gasteiger partial charge on any atom is 0.0713 e. The summed E-state index contributed by atoms with van der Waals surface area (Å²) >= 11 is 0. The Bertz CT molecular complexity index is 3790. The third kappa shape index (κ3) is 7.95. The van der Waals surface area contributed by atoms with Crippen LogP contribution in [0.4, 0.5) is 0 Å². The van der Waals surface area contributed by atoms with Gasteiger partial charge in [0.05, 0.1) is 10.8 Å². The molecule has 0 atom stereocenters. The summed E-state index contributed by atoms with van der Waals surface area (Å²) in [5, 5.41) is 0. The zero-order chi connectivity index (χ0) is 55.1. The predicted octanol–water partition coefficient (Wildman–Crippen LogP) is 20.6. The van der Waals surface area contributed by atoms with Gasteiger partial charge < -0.3 is 0 Å². The molecular weight excluding hydrogens is 985 g/mol. The van der Waals surface area contributed by atoms with Gasteiger partial charge in [-0.1, -0.05) is 342 Å². The first-order chi connectivity index (χ1) is 40.5. The molecular formula is C82H66. The van der Waals surface area contributed by atoms with Crippen LogP contribution in [0, 0.1) is 0 Å². The summed E-state index contributed by atoms with van der Waals surface area (Å²) in [4.78, 5) is 0. The first kappa shape index (κ1) is 50.8. The molecule has 1 fully saturated rings. The second-order valence-electron chi connectivity index (χ2n) is 23.2. The molecule has 0 saturated heterocycles. The van der Waals surface area contributed by atoms with Crippen LogP contribution < -0.4 is 0 Å². The number of rotatable bonds is 4. The van der Waals surface area contributed by atoms with E-state index in [1.165, 1.54) is 126 Å². The first-order valence-electron chi connectivity index (χ1n) is 29.5. The Morgan fingerprint density at radius 2 is 0.378 bits per heavy atom. The topological polar surface area (TPSA) is 0 Å². The van der Waals surface area contributed by atoms with E-state index in [0.717, 1.165) is 0 Å². The van der Waals surface area contributed by atoms with Gasteiger partial charge in [0.25, 0.3) is 0 Å². The smallest absolute Gasteiger partial charge is 0.0622 e. The summed E-state index contributed by atoms with van der Waals surface area (Å²) in [5.41, 5.74) is 27.9. The van der Waals surface area contributed by atoms with Gasteiger partial charge in [-0.05, 0) is 124 Å². The van der Waals surface area contributed by atoms with Crippen molar-refractivity contribution in [3.63, 3.8) is 0 Å². The number of fused-ring (bicyclic) bond motifs is 14. The van der Waals surface area contributed by atoms with Gasteiger partial charge in [-0.2, -0.15) is 0 Å². The van der Waals surface area contributed by atoms with Gasteiger partial charge in [0.15, 0.2) is 0 Å². The Hall–Kier alpha value is -9.36. The predicted molar refractivity (Wildman–Crippen MR) is 343 cm³/mol. The summed E-state index contributed by atoms with van der Waals surface area (Å²) in [6, 6.07) is 114. The highest BCUT2D eigenvalue weighted by Gasteiger charge is 2.48. The lowest BCUT2D eigenvalue weighted by atomic mass is 9.68. The lowest BCUT2D eigenvalue weighted by Crippen LogP contribution is -2.28. The maximum atomic E-state index is 2.35. The maximum absolute atomic E-state index is 2.35. The van der Waals surface area contributed by atoms with Crippen LogP contribution >= 0.6 is 0 Å². The Balaban J connectivity index is 0.000000100. The largest absolute Gasteiger partial charge is 0.0713 e. The number of benzene rings is 12. The highest BCUT2D eigenvalue weighted by Crippen LogP contribution is 2.59. The zero-order valence-corrected chi connectivity index (χ0v) is 46.9. The molecule has 0 nitrogen and oxygen atoms in total. The lowest BCUT2D eigenvalue weighted by molar-refractivity contribution is 0.550. The van der Waals surface area contributed by atoms with Crippen LogP contribution in [0.25, 0.3) is 44.5 Å². The summed E-state index contributed by atoms with van der Waals surface area (Å²) < 4.78 is 0. The minimum Gasteiger partial charge on any atom is -0.0622 e. The molecule has 82 heavy (non-hydrogen) atoms. The Labute approximate surface area is 485 Å². The minimum atomic E-state index is -0.254. The summed E-state index contributed by atoms with van der Waals surface area (Å²) in [5.74, 6) is 0. The van der Waals surface area contributed by atoms with Crippen molar-refractivity contribution >= 4 is 0 Å². The van der Waals surface area contributed by atoms with E-state index in [-0.39, 0.29) is 16.2 Å². The molecule has 394 valence electrons. The highest BCUT2D eigenvalue weighted by molar-refractivity contribution is 5.88. The molecule has 1 spiro atoms. The molecule has 0 amide bonds. The third-order valence-corrected chi connectivity index (χ3v) is 18.9. The van der Waals surface area contributed by atoms with E-state index in [2.05, 4.69) is 329 Å². The van der Waals surface area contributed by atoms with Crippen molar-refractivity contribution in [2.45, 2.75) is 61.2 Å². The SMILES string of the molecule is CC1(C)c2ccccc2-c2ccccc21.c1ccc(C2(c3ccccc3)c3ccccc3-c3ccccc32)cc1.c1ccc(C2(c3ccccc3)c3ccccc3-c3ccccc32)cc1.c1ccc2c(c1)-c1ccccc1C21CCCC1. The molecule has 0 radical (unpaired) electrons. The molecule has 0 aromatic heterocycles. The van der Waals surface area contributed by atoms with Gasteiger partial charge in [0.2, 0.25) is 0 Å². The van der Waals surface area contributed by atoms with Crippen molar-refractivity contribution in [2.24, 2.45) is 0 Å². The Kier molecular flexibility index (Phi) is 13.0. The molecule has 12 aromatic rings. The average Bonchev–Trinajstić information content (AvgIpc) is 4.19. The van der Waals surface area contributed by atoms with Crippen LogP contribution in [0.2, 0.25) is 0 Å². The van der Waals surface area contributed by atoms with Gasteiger partial charge in [-0.25, -0.2) is 0 Å². The van der Waals surface area contributed by atoms with Crippen molar-refractivity contribution in [2.75, 3.05) is 0 Å². The van der Waals surface area contributed by atoms with Gasteiger partial charge in [-0.15, -0.1) is 0 Å². The molecule has 0 unspecified atom stereocenters. The molecule has 12 aromatic carbocycles. The fourth-order valence-corrected chi connectivity index (χ4v) is 15.4. The summed E-state index contributed by atoms with van der Waals surface area (Å²) in [7, 11) is 0. The molecule has 5 aliphatic rings. The van der Waals surface area contributed by atoms with E-state index in [9.17, 15) is 0 Å². The van der Waals surface area contributed by atoms with E-state index < -0.39 is 0 Å². The van der Waals surface area contributed by atoms with Crippen LogP contribution in [0.3, 0.4) is 0 Å². The zero-order valence-electron chi connectivity index (χ0n) is 46.9. The van der Waals surface area contributed by atoms with Crippen molar-refractivity contribution < 1.29 is 0 Å². The van der Waals surface area contributed by atoms with E-state index >= 15 is 0 Å². The molecule has 1 saturated carbocycles. The Morgan fingerprint density at radius 1 is 0.195 bits per heavy atom. The first-order valence-corrected chi connectivity index (χ1v) is 29.5. The monoisotopic (exact) mass is 1050 g/mol.